The highest BCUT2D eigenvalue weighted by Crippen LogP contribution is 2.21. The molecule has 0 spiro atoms. The monoisotopic (exact) mass is 219 g/mol. The van der Waals surface area contributed by atoms with Crippen molar-refractivity contribution in [3.8, 4) is 5.82 Å². The molecule has 2 aromatic rings. The highest BCUT2D eigenvalue weighted by Gasteiger charge is 2.23. The molecule has 2 heterocycles. The molecule has 0 amide bonds. The first-order chi connectivity index (χ1) is 7.54. The van der Waals surface area contributed by atoms with Crippen molar-refractivity contribution < 1.29 is 0 Å². The topological polar surface area (TPSA) is 47.7 Å². The predicted molar refractivity (Wildman–Crippen MR) is 62.4 cm³/mol. The average molecular weight is 219 g/mol. The first kappa shape index (κ1) is 10.9. The molecule has 2 aromatic heterocycles. The van der Waals surface area contributed by atoms with Gasteiger partial charge in [-0.15, -0.1) is 0 Å². The van der Waals surface area contributed by atoms with Crippen LogP contribution in [0.2, 0.25) is 0 Å². The molecule has 0 radical (unpaired) electrons. The number of nitrogens with zero attached hydrogens (tertiary/aromatic N) is 4. The molecule has 1 N–H and O–H groups in total. The lowest BCUT2D eigenvalue weighted by molar-refractivity contribution is 0.423. The maximum Gasteiger partial charge on any atom is 0.160 e. The Kier molecular flexibility index (Phi) is 2.55. The third-order valence-electron chi connectivity index (χ3n) is 2.85. The molecule has 86 valence electrons. The van der Waals surface area contributed by atoms with Crippen LogP contribution in [0, 0.1) is 0 Å². The van der Waals surface area contributed by atoms with Gasteiger partial charge in [-0.1, -0.05) is 0 Å². The van der Waals surface area contributed by atoms with Crippen molar-refractivity contribution in [3.05, 3.63) is 30.5 Å². The minimum atomic E-state index is -0.131. The van der Waals surface area contributed by atoms with E-state index in [-0.39, 0.29) is 5.54 Å². The van der Waals surface area contributed by atoms with Crippen LogP contribution in [0.25, 0.3) is 5.82 Å². The molecule has 0 fully saturated rings. The molecule has 0 aliphatic carbocycles. The number of aromatic nitrogens is 4. The summed E-state index contributed by atoms with van der Waals surface area (Å²) in [4.78, 5) is 4.20. The van der Waals surface area contributed by atoms with Gasteiger partial charge in [0.2, 0.25) is 0 Å². The van der Waals surface area contributed by atoms with Crippen LogP contribution in [0.5, 0.6) is 0 Å². The Morgan fingerprint density at radius 1 is 1.38 bits per heavy atom. The molecule has 0 bridgehead atoms. The van der Waals surface area contributed by atoms with Gasteiger partial charge in [-0.3, -0.25) is 9.25 Å². The Bertz CT molecular complexity index is 480. The van der Waals surface area contributed by atoms with Gasteiger partial charge >= 0.3 is 0 Å². The summed E-state index contributed by atoms with van der Waals surface area (Å²) in [5, 5.41) is 7.64. The first-order valence-corrected chi connectivity index (χ1v) is 5.26. The molecule has 5 heteroatoms. The highest BCUT2D eigenvalue weighted by molar-refractivity contribution is 5.26. The second-order valence-electron chi connectivity index (χ2n) is 4.37. The standard InChI is InChI=1S/C11H17N5/c1-11(2,12-3)9-7-13-8-16(9)10-5-6-15(4)14-10/h5-8,12H,1-4H3. The third kappa shape index (κ3) is 1.74. The van der Waals surface area contributed by atoms with Gasteiger partial charge in [0.05, 0.1) is 17.4 Å². The number of imidazole rings is 1. The minimum absolute atomic E-state index is 0.131. The molecule has 0 atom stereocenters. The van der Waals surface area contributed by atoms with Crippen LogP contribution in [0.3, 0.4) is 0 Å². The quantitative estimate of drug-likeness (QED) is 0.839. The van der Waals surface area contributed by atoms with E-state index in [9.17, 15) is 0 Å². The summed E-state index contributed by atoms with van der Waals surface area (Å²) in [6.07, 6.45) is 5.58. The van der Waals surface area contributed by atoms with E-state index in [1.54, 1.807) is 11.0 Å². The number of hydrogen-bond acceptors (Lipinski definition) is 3. The first-order valence-electron chi connectivity index (χ1n) is 5.26. The molecule has 2 rings (SSSR count). The normalized spacial score (nSPS) is 12.0. The van der Waals surface area contributed by atoms with E-state index in [4.69, 9.17) is 0 Å². The molecular weight excluding hydrogens is 202 g/mol. The van der Waals surface area contributed by atoms with Crippen molar-refractivity contribution in [1.82, 2.24) is 24.6 Å². The number of nitrogens with one attached hydrogen (secondary N) is 1. The molecule has 5 nitrogen and oxygen atoms in total. The van der Waals surface area contributed by atoms with Gasteiger partial charge in [0.1, 0.15) is 6.33 Å². The van der Waals surface area contributed by atoms with E-state index in [0.29, 0.717) is 0 Å². The second-order valence-corrected chi connectivity index (χ2v) is 4.37. The minimum Gasteiger partial charge on any atom is -0.310 e. The maximum atomic E-state index is 4.37. The Balaban J connectivity index is 2.48. The lowest BCUT2D eigenvalue weighted by atomic mass is 10.0. The molecule has 0 saturated carbocycles. The van der Waals surface area contributed by atoms with Crippen molar-refractivity contribution in [2.45, 2.75) is 19.4 Å². The summed E-state index contributed by atoms with van der Waals surface area (Å²) in [7, 11) is 3.85. The number of rotatable bonds is 3. The lowest BCUT2D eigenvalue weighted by Crippen LogP contribution is -2.35. The molecule has 0 unspecified atom stereocenters. The van der Waals surface area contributed by atoms with Crippen LogP contribution in [0.4, 0.5) is 0 Å². The Morgan fingerprint density at radius 3 is 2.69 bits per heavy atom. The van der Waals surface area contributed by atoms with Crippen molar-refractivity contribution in [3.63, 3.8) is 0 Å². The largest absolute Gasteiger partial charge is 0.310 e. The zero-order chi connectivity index (χ0) is 11.8. The second kappa shape index (κ2) is 3.75. The lowest BCUT2D eigenvalue weighted by Gasteiger charge is -2.24. The summed E-state index contributed by atoms with van der Waals surface area (Å²) in [6.45, 7) is 4.23. The van der Waals surface area contributed by atoms with Crippen molar-refractivity contribution in [2.75, 3.05) is 7.05 Å². The summed E-state index contributed by atoms with van der Waals surface area (Å²) >= 11 is 0. The van der Waals surface area contributed by atoms with Crippen LogP contribution >= 0.6 is 0 Å². The van der Waals surface area contributed by atoms with Crippen LogP contribution in [-0.2, 0) is 12.6 Å². The Hall–Kier alpha value is -1.62. The van der Waals surface area contributed by atoms with Crippen LogP contribution in [-0.4, -0.2) is 26.4 Å². The molecule has 0 aliphatic heterocycles. The summed E-state index contributed by atoms with van der Waals surface area (Å²) in [5.41, 5.74) is 0.960. The van der Waals surface area contributed by atoms with Crippen molar-refractivity contribution in [1.29, 1.82) is 0 Å². The van der Waals surface area contributed by atoms with Crippen LogP contribution in [0.1, 0.15) is 19.5 Å². The molecule has 16 heavy (non-hydrogen) atoms. The Labute approximate surface area is 95.1 Å². The zero-order valence-electron chi connectivity index (χ0n) is 10.1. The van der Waals surface area contributed by atoms with E-state index in [1.807, 2.05) is 37.1 Å². The zero-order valence-corrected chi connectivity index (χ0v) is 10.1. The van der Waals surface area contributed by atoms with Crippen molar-refractivity contribution in [2.24, 2.45) is 7.05 Å². The van der Waals surface area contributed by atoms with Crippen LogP contribution in [0.15, 0.2) is 24.8 Å². The van der Waals surface area contributed by atoms with Gasteiger partial charge in [-0.2, -0.15) is 5.10 Å². The van der Waals surface area contributed by atoms with E-state index in [0.717, 1.165) is 11.5 Å². The summed E-state index contributed by atoms with van der Waals surface area (Å²) < 4.78 is 3.78. The van der Waals surface area contributed by atoms with Crippen LogP contribution < -0.4 is 5.32 Å². The van der Waals surface area contributed by atoms with E-state index < -0.39 is 0 Å². The number of hydrogen-bond donors (Lipinski definition) is 1. The predicted octanol–water partition coefficient (Wildman–Crippen LogP) is 1.06. The van der Waals surface area contributed by atoms with E-state index in [1.165, 1.54) is 0 Å². The fraction of sp³-hybridized carbons (Fsp3) is 0.455. The average Bonchev–Trinajstić information content (AvgIpc) is 2.85. The van der Waals surface area contributed by atoms with Gasteiger partial charge in [-0.05, 0) is 20.9 Å². The molecule has 0 saturated heterocycles. The summed E-state index contributed by atoms with van der Waals surface area (Å²) in [5.74, 6) is 0.887. The van der Waals surface area contributed by atoms with Gasteiger partial charge in [-0.25, -0.2) is 4.98 Å². The Morgan fingerprint density at radius 2 is 2.12 bits per heavy atom. The van der Waals surface area contributed by atoms with Crippen molar-refractivity contribution >= 4 is 0 Å². The highest BCUT2D eigenvalue weighted by atomic mass is 15.3. The van der Waals surface area contributed by atoms with E-state index in [2.05, 4.69) is 29.2 Å². The van der Waals surface area contributed by atoms with E-state index >= 15 is 0 Å². The molecule has 0 aliphatic rings. The van der Waals surface area contributed by atoms with Gasteiger partial charge in [0.25, 0.3) is 0 Å². The summed E-state index contributed by atoms with van der Waals surface area (Å²) in [6, 6.07) is 1.97. The molecular formula is C11H17N5. The van der Waals surface area contributed by atoms with Gasteiger partial charge in [0.15, 0.2) is 5.82 Å². The fourth-order valence-electron chi connectivity index (χ4n) is 1.60. The maximum absolute atomic E-state index is 4.37. The third-order valence-corrected chi connectivity index (χ3v) is 2.85. The number of aryl methyl sites for hydroxylation is 1. The smallest absolute Gasteiger partial charge is 0.160 e. The van der Waals surface area contributed by atoms with Gasteiger partial charge < -0.3 is 5.32 Å². The molecule has 0 aromatic carbocycles. The van der Waals surface area contributed by atoms with Gasteiger partial charge in [0, 0.05) is 19.3 Å². The fourth-order valence-corrected chi connectivity index (χ4v) is 1.60. The SMILES string of the molecule is CNC(C)(C)c1cncn1-c1ccn(C)n1.